The molecule has 86 valence electrons. The SMILES string of the molecule is CC.CCC1CCN(Cc2cocn2)C1. The Morgan fingerprint density at radius 2 is 2.33 bits per heavy atom. The van der Waals surface area contributed by atoms with Gasteiger partial charge in [-0.05, 0) is 18.9 Å². The first-order valence-corrected chi connectivity index (χ1v) is 5.98. The number of oxazole rings is 1. The molecule has 0 radical (unpaired) electrons. The van der Waals surface area contributed by atoms with Crippen LogP contribution in [-0.2, 0) is 6.54 Å². The van der Waals surface area contributed by atoms with Crippen LogP contribution in [0.3, 0.4) is 0 Å². The zero-order chi connectivity index (χ0) is 11.1. The van der Waals surface area contributed by atoms with Gasteiger partial charge in [0.15, 0.2) is 6.39 Å². The Labute approximate surface area is 92.5 Å². The molecule has 0 saturated carbocycles. The molecule has 0 bridgehead atoms. The van der Waals surface area contributed by atoms with E-state index >= 15 is 0 Å². The first kappa shape index (κ1) is 12.2. The van der Waals surface area contributed by atoms with Gasteiger partial charge in [-0.25, -0.2) is 4.98 Å². The van der Waals surface area contributed by atoms with Gasteiger partial charge in [-0.15, -0.1) is 0 Å². The summed E-state index contributed by atoms with van der Waals surface area (Å²) in [6, 6.07) is 0. The van der Waals surface area contributed by atoms with Crippen molar-refractivity contribution in [1.29, 1.82) is 0 Å². The van der Waals surface area contributed by atoms with E-state index in [1.807, 2.05) is 13.8 Å². The zero-order valence-corrected chi connectivity index (χ0v) is 10.1. The molecule has 0 N–H and O–H groups in total. The van der Waals surface area contributed by atoms with Crippen molar-refractivity contribution >= 4 is 0 Å². The maximum Gasteiger partial charge on any atom is 0.180 e. The summed E-state index contributed by atoms with van der Waals surface area (Å²) in [6.45, 7) is 9.66. The molecule has 2 heterocycles. The normalized spacial score (nSPS) is 21.1. The van der Waals surface area contributed by atoms with Crippen LogP contribution in [0.4, 0.5) is 0 Å². The smallest absolute Gasteiger partial charge is 0.180 e. The Hall–Kier alpha value is -0.830. The van der Waals surface area contributed by atoms with Crippen molar-refractivity contribution in [2.24, 2.45) is 5.92 Å². The van der Waals surface area contributed by atoms with Gasteiger partial charge in [-0.2, -0.15) is 0 Å². The molecule has 1 saturated heterocycles. The highest BCUT2D eigenvalue weighted by Crippen LogP contribution is 2.20. The fourth-order valence-electron chi connectivity index (χ4n) is 1.93. The third-order valence-corrected chi connectivity index (χ3v) is 2.82. The number of aromatic nitrogens is 1. The Kier molecular flexibility index (Phi) is 5.40. The molecule has 3 heteroatoms. The molecule has 3 nitrogen and oxygen atoms in total. The van der Waals surface area contributed by atoms with Crippen molar-refractivity contribution in [1.82, 2.24) is 9.88 Å². The summed E-state index contributed by atoms with van der Waals surface area (Å²) in [5, 5.41) is 0. The summed E-state index contributed by atoms with van der Waals surface area (Å²) in [6.07, 6.45) is 5.88. The van der Waals surface area contributed by atoms with Crippen molar-refractivity contribution in [3.63, 3.8) is 0 Å². The predicted octanol–water partition coefficient (Wildman–Crippen LogP) is 2.93. The van der Waals surface area contributed by atoms with Gasteiger partial charge in [0.25, 0.3) is 0 Å². The molecule has 2 rings (SSSR count). The average molecular weight is 210 g/mol. The van der Waals surface area contributed by atoms with E-state index in [1.54, 1.807) is 6.26 Å². The molecular formula is C12H22N2O. The standard InChI is InChI=1S/C10H16N2O.C2H6/c1-2-9-3-4-12(5-9)6-10-7-13-8-11-10;1-2/h7-9H,2-6H2,1H3;1-2H3. The highest BCUT2D eigenvalue weighted by molar-refractivity contribution is 4.92. The van der Waals surface area contributed by atoms with Gasteiger partial charge in [-0.1, -0.05) is 27.2 Å². The zero-order valence-electron chi connectivity index (χ0n) is 10.1. The van der Waals surface area contributed by atoms with Crippen LogP contribution in [0.2, 0.25) is 0 Å². The number of nitrogens with zero attached hydrogens (tertiary/aromatic N) is 2. The second-order valence-electron chi connectivity index (χ2n) is 3.78. The molecule has 1 aliphatic heterocycles. The van der Waals surface area contributed by atoms with E-state index in [0.29, 0.717) is 0 Å². The quantitative estimate of drug-likeness (QED) is 0.768. The highest BCUT2D eigenvalue weighted by Gasteiger charge is 2.21. The van der Waals surface area contributed by atoms with E-state index < -0.39 is 0 Å². The third kappa shape index (κ3) is 3.67. The lowest BCUT2D eigenvalue weighted by Crippen LogP contribution is -2.20. The maximum absolute atomic E-state index is 4.94. The first-order chi connectivity index (χ1) is 7.38. The van der Waals surface area contributed by atoms with Gasteiger partial charge in [0, 0.05) is 13.1 Å². The van der Waals surface area contributed by atoms with E-state index in [2.05, 4.69) is 16.8 Å². The number of hydrogen-bond donors (Lipinski definition) is 0. The Bertz CT molecular complexity index is 246. The molecule has 1 unspecified atom stereocenters. The topological polar surface area (TPSA) is 29.3 Å². The van der Waals surface area contributed by atoms with Crippen molar-refractivity contribution in [2.45, 2.75) is 40.2 Å². The molecule has 1 aromatic rings. The van der Waals surface area contributed by atoms with Gasteiger partial charge >= 0.3 is 0 Å². The molecule has 1 atom stereocenters. The van der Waals surface area contributed by atoms with Crippen molar-refractivity contribution < 1.29 is 4.42 Å². The highest BCUT2D eigenvalue weighted by atomic mass is 16.3. The molecule has 1 aliphatic rings. The number of likely N-dealkylation sites (tertiary alicyclic amines) is 1. The lowest BCUT2D eigenvalue weighted by atomic mass is 10.1. The van der Waals surface area contributed by atoms with E-state index in [1.165, 1.54) is 32.3 Å². The van der Waals surface area contributed by atoms with Crippen LogP contribution in [0.15, 0.2) is 17.1 Å². The van der Waals surface area contributed by atoms with Crippen molar-refractivity contribution in [2.75, 3.05) is 13.1 Å². The van der Waals surface area contributed by atoms with Crippen LogP contribution >= 0.6 is 0 Å². The maximum atomic E-state index is 4.94. The van der Waals surface area contributed by atoms with E-state index in [9.17, 15) is 0 Å². The molecule has 15 heavy (non-hydrogen) atoms. The van der Waals surface area contributed by atoms with E-state index in [-0.39, 0.29) is 0 Å². The lowest BCUT2D eigenvalue weighted by Gasteiger charge is -2.13. The summed E-state index contributed by atoms with van der Waals surface area (Å²) in [7, 11) is 0. The van der Waals surface area contributed by atoms with Crippen LogP contribution in [0, 0.1) is 5.92 Å². The first-order valence-electron chi connectivity index (χ1n) is 5.98. The second kappa shape index (κ2) is 6.62. The summed E-state index contributed by atoms with van der Waals surface area (Å²) >= 11 is 0. The molecule has 0 aromatic carbocycles. The third-order valence-electron chi connectivity index (χ3n) is 2.82. The molecule has 0 spiro atoms. The van der Waals surface area contributed by atoms with Gasteiger partial charge in [-0.3, -0.25) is 4.90 Å². The summed E-state index contributed by atoms with van der Waals surface area (Å²) in [4.78, 5) is 6.57. The predicted molar refractivity (Wildman–Crippen MR) is 61.5 cm³/mol. The molecule has 1 aromatic heterocycles. The second-order valence-corrected chi connectivity index (χ2v) is 3.78. The number of rotatable bonds is 3. The van der Waals surface area contributed by atoms with Crippen LogP contribution in [0.25, 0.3) is 0 Å². The van der Waals surface area contributed by atoms with Crippen LogP contribution in [0.1, 0.15) is 39.3 Å². The van der Waals surface area contributed by atoms with E-state index in [4.69, 9.17) is 4.42 Å². The van der Waals surface area contributed by atoms with Gasteiger partial charge in [0.1, 0.15) is 6.26 Å². The fraction of sp³-hybridized carbons (Fsp3) is 0.750. The van der Waals surface area contributed by atoms with Gasteiger partial charge in [0.05, 0.1) is 5.69 Å². The van der Waals surface area contributed by atoms with Gasteiger partial charge < -0.3 is 4.42 Å². The van der Waals surface area contributed by atoms with Crippen LogP contribution in [0.5, 0.6) is 0 Å². The van der Waals surface area contributed by atoms with E-state index in [0.717, 1.165) is 18.2 Å². The molecule has 0 aliphatic carbocycles. The molecule has 0 amide bonds. The van der Waals surface area contributed by atoms with Crippen molar-refractivity contribution in [3.05, 3.63) is 18.4 Å². The Balaban J connectivity index is 0.000000531. The van der Waals surface area contributed by atoms with Crippen LogP contribution < -0.4 is 0 Å². The minimum Gasteiger partial charge on any atom is -0.451 e. The largest absolute Gasteiger partial charge is 0.451 e. The Morgan fingerprint density at radius 3 is 2.87 bits per heavy atom. The fourth-order valence-corrected chi connectivity index (χ4v) is 1.93. The van der Waals surface area contributed by atoms with Crippen LogP contribution in [-0.4, -0.2) is 23.0 Å². The van der Waals surface area contributed by atoms with Gasteiger partial charge in [0.2, 0.25) is 0 Å². The monoisotopic (exact) mass is 210 g/mol. The summed E-state index contributed by atoms with van der Waals surface area (Å²) < 4.78 is 4.94. The number of hydrogen-bond acceptors (Lipinski definition) is 3. The minimum absolute atomic E-state index is 0.895. The summed E-state index contributed by atoms with van der Waals surface area (Å²) in [5.41, 5.74) is 1.05. The molecular weight excluding hydrogens is 188 g/mol. The molecule has 1 fully saturated rings. The summed E-state index contributed by atoms with van der Waals surface area (Å²) in [5.74, 6) is 0.895. The van der Waals surface area contributed by atoms with Crippen molar-refractivity contribution in [3.8, 4) is 0 Å². The lowest BCUT2D eigenvalue weighted by molar-refractivity contribution is 0.311. The average Bonchev–Trinajstić information content (AvgIpc) is 2.93. The Morgan fingerprint density at radius 1 is 1.53 bits per heavy atom. The minimum atomic E-state index is 0.895.